The lowest BCUT2D eigenvalue weighted by Crippen LogP contribution is -2.29. The summed E-state index contributed by atoms with van der Waals surface area (Å²) in [7, 11) is 1.27. The molecule has 9 heteroatoms. The molecule has 0 saturated heterocycles. The summed E-state index contributed by atoms with van der Waals surface area (Å²) < 4.78 is 12.5. The number of aromatic hydroxyl groups is 1. The Morgan fingerprint density at radius 3 is 2.58 bits per heavy atom. The number of furan rings is 1. The first-order chi connectivity index (χ1) is 17.3. The number of nitrogens with zero attached hydrogens (tertiary/aromatic N) is 2. The fourth-order valence-electron chi connectivity index (χ4n) is 4.19. The van der Waals surface area contributed by atoms with Gasteiger partial charge in [-0.05, 0) is 32.0 Å². The molecule has 1 aromatic carbocycles. The van der Waals surface area contributed by atoms with Crippen molar-refractivity contribution in [3.8, 4) is 17.1 Å². The molecule has 0 saturated carbocycles. The minimum atomic E-state index is -0.866. The Morgan fingerprint density at radius 2 is 1.94 bits per heavy atom. The maximum Gasteiger partial charge on any atom is 0.306 e. The first-order valence-electron chi connectivity index (χ1n) is 11.5. The maximum absolute atomic E-state index is 13.6. The van der Waals surface area contributed by atoms with E-state index in [1.54, 1.807) is 60.4 Å². The predicted octanol–water partition coefficient (Wildman–Crippen LogP) is 3.99. The van der Waals surface area contributed by atoms with Gasteiger partial charge in [-0.25, -0.2) is 4.98 Å². The highest BCUT2D eigenvalue weighted by molar-refractivity contribution is 5.94. The number of rotatable bonds is 9. The molecule has 9 nitrogen and oxygen atoms in total. The Labute approximate surface area is 207 Å². The monoisotopic (exact) mass is 489 g/mol. The molecule has 186 valence electrons. The van der Waals surface area contributed by atoms with E-state index in [1.165, 1.54) is 20.1 Å². The minimum absolute atomic E-state index is 0.0431. The van der Waals surface area contributed by atoms with Crippen molar-refractivity contribution in [1.82, 2.24) is 14.5 Å². The van der Waals surface area contributed by atoms with Crippen LogP contribution in [0.4, 0.5) is 0 Å². The summed E-state index contributed by atoms with van der Waals surface area (Å²) in [6.07, 6.45) is 3.60. The quantitative estimate of drug-likeness (QED) is 0.269. The third kappa shape index (κ3) is 5.14. The van der Waals surface area contributed by atoms with Gasteiger partial charge in [0.05, 0.1) is 31.3 Å². The van der Waals surface area contributed by atoms with Crippen LogP contribution in [0.15, 0.2) is 64.2 Å². The van der Waals surface area contributed by atoms with Gasteiger partial charge in [0.2, 0.25) is 0 Å². The number of carbonyl (C=O) groups excluding carboxylic acids is 2. The van der Waals surface area contributed by atoms with Crippen molar-refractivity contribution in [3.63, 3.8) is 0 Å². The number of H-pyrrole nitrogens is 1. The van der Waals surface area contributed by atoms with Crippen LogP contribution in [0.3, 0.4) is 0 Å². The highest BCUT2D eigenvalue weighted by Crippen LogP contribution is 2.35. The second-order valence-electron chi connectivity index (χ2n) is 8.54. The molecule has 0 aliphatic heterocycles. The fraction of sp³-hybridized carbons (Fsp3) is 0.259. The van der Waals surface area contributed by atoms with E-state index in [0.717, 1.165) is 11.3 Å². The summed E-state index contributed by atoms with van der Waals surface area (Å²) in [5.74, 6) is -0.837. The van der Waals surface area contributed by atoms with E-state index in [4.69, 9.17) is 9.15 Å². The summed E-state index contributed by atoms with van der Waals surface area (Å²) in [4.78, 5) is 44.5. The number of aryl methyl sites for hydroxylation is 2. The molecule has 0 unspecified atom stereocenters. The third-order valence-electron chi connectivity index (χ3n) is 6.18. The van der Waals surface area contributed by atoms with E-state index in [2.05, 4.69) is 9.97 Å². The van der Waals surface area contributed by atoms with Crippen LogP contribution in [0.5, 0.6) is 5.75 Å². The number of ether oxygens (including phenoxy) is 1. The van der Waals surface area contributed by atoms with Crippen LogP contribution in [0.1, 0.15) is 52.3 Å². The number of ketones is 1. The van der Waals surface area contributed by atoms with Crippen LogP contribution in [0.2, 0.25) is 0 Å². The Bertz CT molecular complexity index is 1430. The highest BCUT2D eigenvalue weighted by atomic mass is 16.5. The van der Waals surface area contributed by atoms with Crippen molar-refractivity contribution < 1.29 is 23.8 Å². The number of aromatic amines is 1. The molecule has 0 radical (unpaired) electrons. The standard InChI is InChI=1S/C27H27N3O6/c1-16-12-22(32)26(27(34)30(16)11-10-20-14-28-15-29-20)21(13-25(33)35-3)24-9-8-23(36-24)19-6-4-18(5-7-19)17(2)31/h4-9,12,14-15,21,32H,10-11,13H2,1-3H3,(H,28,29)/t21-/m0/s1. The van der Waals surface area contributed by atoms with Gasteiger partial charge in [-0.3, -0.25) is 14.4 Å². The maximum atomic E-state index is 13.6. The number of nitrogens with one attached hydrogen (secondary N) is 1. The number of esters is 1. The molecule has 3 aromatic heterocycles. The Kier molecular flexibility index (Phi) is 7.19. The largest absolute Gasteiger partial charge is 0.507 e. The van der Waals surface area contributed by atoms with Crippen LogP contribution in [0.25, 0.3) is 11.3 Å². The van der Waals surface area contributed by atoms with Crippen LogP contribution in [-0.2, 0) is 22.5 Å². The van der Waals surface area contributed by atoms with Crippen LogP contribution in [0, 0.1) is 6.92 Å². The van der Waals surface area contributed by atoms with Gasteiger partial charge >= 0.3 is 5.97 Å². The zero-order valence-corrected chi connectivity index (χ0v) is 20.3. The Hall–Kier alpha value is -4.40. The van der Waals surface area contributed by atoms with Gasteiger partial charge in [-0.15, -0.1) is 0 Å². The molecule has 0 bridgehead atoms. The van der Waals surface area contributed by atoms with E-state index in [1.807, 2.05) is 0 Å². The molecule has 0 amide bonds. The minimum Gasteiger partial charge on any atom is -0.507 e. The second-order valence-corrected chi connectivity index (χ2v) is 8.54. The zero-order chi connectivity index (χ0) is 25.8. The second kappa shape index (κ2) is 10.5. The molecule has 2 N–H and O–H groups in total. The first kappa shape index (κ1) is 24.7. The van der Waals surface area contributed by atoms with Crippen molar-refractivity contribution >= 4 is 11.8 Å². The molecular formula is C27H27N3O6. The van der Waals surface area contributed by atoms with Crippen molar-refractivity contribution in [2.75, 3.05) is 7.11 Å². The van der Waals surface area contributed by atoms with Gasteiger partial charge in [-0.2, -0.15) is 0 Å². The molecule has 3 heterocycles. The van der Waals surface area contributed by atoms with Crippen molar-refractivity contribution in [2.45, 2.75) is 39.2 Å². The lowest BCUT2D eigenvalue weighted by molar-refractivity contribution is -0.140. The number of aromatic nitrogens is 3. The number of pyridine rings is 1. The highest BCUT2D eigenvalue weighted by Gasteiger charge is 2.29. The molecule has 0 aliphatic carbocycles. The summed E-state index contributed by atoms with van der Waals surface area (Å²) >= 11 is 0. The fourth-order valence-corrected chi connectivity index (χ4v) is 4.19. The van der Waals surface area contributed by atoms with Crippen molar-refractivity contribution in [1.29, 1.82) is 0 Å². The Morgan fingerprint density at radius 1 is 1.19 bits per heavy atom. The van der Waals surface area contributed by atoms with Gasteiger partial charge in [-0.1, -0.05) is 24.3 Å². The molecule has 1 atom stereocenters. The number of imidazole rings is 1. The SMILES string of the molecule is COC(=O)C[C@@H](c1ccc(-c2ccc(C(C)=O)cc2)o1)c1c(O)cc(C)n(CCc2cnc[nH]2)c1=O. The smallest absolute Gasteiger partial charge is 0.306 e. The van der Waals surface area contributed by atoms with Crippen molar-refractivity contribution in [2.24, 2.45) is 0 Å². The van der Waals surface area contributed by atoms with Gasteiger partial charge in [0.15, 0.2) is 5.78 Å². The van der Waals surface area contributed by atoms with Crippen molar-refractivity contribution in [3.05, 3.63) is 93.6 Å². The number of carbonyl (C=O) groups is 2. The molecule has 4 rings (SSSR count). The summed E-state index contributed by atoms with van der Waals surface area (Å²) in [6.45, 7) is 3.59. The summed E-state index contributed by atoms with van der Waals surface area (Å²) in [5.41, 5.74) is 2.41. The number of hydrogen-bond donors (Lipinski definition) is 2. The van der Waals surface area contributed by atoms with Gasteiger partial charge in [0.1, 0.15) is 17.3 Å². The summed E-state index contributed by atoms with van der Waals surface area (Å²) in [6, 6.07) is 11.9. The van der Waals surface area contributed by atoms with Gasteiger partial charge < -0.3 is 23.8 Å². The lowest BCUT2D eigenvalue weighted by Gasteiger charge is -2.18. The molecule has 0 fully saturated rings. The molecule has 36 heavy (non-hydrogen) atoms. The number of benzene rings is 1. The predicted molar refractivity (Wildman–Crippen MR) is 132 cm³/mol. The third-order valence-corrected chi connectivity index (χ3v) is 6.18. The molecule has 0 aliphatic rings. The number of Topliss-reactive ketones (excluding diaryl/α,β-unsaturated/α-hetero) is 1. The van der Waals surface area contributed by atoms with E-state index in [9.17, 15) is 19.5 Å². The topological polar surface area (TPSA) is 127 Å². The van der Waals surface area contributed by atoms with Crippen LogP contribution >= 0.6 is 0 Å². The average molecular weight is 490 g/mol. The molecular weight excluding hydrogens is 462 g/mol. The van der Waals surface area contributed by atoms with E-state index in [-0.39, 0.29) is 23.5 Å². The molecule has 0 spiro atoms. The first-order valence-corrected chi connectivity index (χ1v) is 11.5. The number of methoxy groups -OCH3 is 1. The lowest BCUT2D eigenvalue weighted by atomic mass is 9.93. The van der Waals surface area contributed by atoms with E-state index < -0.39 is 17.4 Å². The van der Waals surface area contributed by atoms with Gasteiger partial charge in [0, 0.05) is 41.7 Å². The summed E-state index contributed by atoms with van der Waals surface area (Å²) in [5, 5.41) is 10.8. The Balaban J connectivity index is 1.73. The normalized spacial score (nSPS) is 11.9. The average Bonchev–Trinajstić information content (AvgIpc) is 3.55. The zero-order valence-electron chi connectivity index (χ0n) is 20.3. The van der Waals surface area contributed by atoms with Crippen LogP contribution in [-0.4, -0.2) is 38.5 Å². The van der Waals surface area contributed by atoms with Gasteiger partial charge in [0.25, 0.3) is 5.56 Å². The number of hydrogen-bond acceptors (Lipinski definition) is 7. The molecule has 4 aromatic rings. The van der Waals surface area contributed by atoms with E-state index >= 15 is 0 Å². The van der Waals surface area contributed by atoms with Crippen LogP contribution < -0.4 is 5.56 Å². The van der Waals surface area contributed by atoms with E-state index in [0.29, 0.717) is 35.7 Å².